The third kappa shape index (κ3) is 7.62. The van der Waals surface area contributed by atoms with E-state index in [2.05, 4.69) is 5.32 Å². The van der Waals surface area contributed by atoms with Gasteiger partial charge in [0.1, 0.15) is 41.1 Å². The van der Waals surface area contributed by atoms with Crippen molar-refractivity contribution in [2.45, 2.75) is 46.3 Å². The molecule has 0 aliphatic carbocycles. The lowest BCUT2D eigenvalue weighted by Gasteiger charge is -2.33. The summed E-state index contributed by atoms with van der Waals surface area (Å²) in [5.41, 5.74) is 2.17. The Morgan fingerprint density at radius 2 is 1.67 bits per heavy atom. The van der Waals surface area contributed by atoms with Gasteiger partial charge in [-0.3, -0.25) is 9.69 Å². The highest BCUT2D eigenvalue weighted by molar-refractivity contribution is 6.01. The van der Waals surface area contributed by atoms with Gasteiger partial charge in [0.25, 0.3) is 0 Å². The molecule has 0 saturated carbocycles. The zero-order valence-electron chi connectivity index (χ0n) is 27.9. The number of carbonyl (C=O) groups is 1. The van der Waals surface area contributed by atoms with Crippen LogP contribution in [0.4, 0.5) is 24.5 Å². The van der Waals surface area contributed by atoms with Crippen LogP contribution in [0.1, 0.15) is 49.9 Å². The van der Waals surface area contributed by atoms with Gasteiger partial charge in [0.15, 0.2) is 11.6 Å². The minimum Gasteiger partial charge on any atom is -0.506 e. The molecule has 1 atom stereocenters. The molecule has 5 rings (SSSR count). The number of phenolic OH excluding ortho intramolecular Hbond substituents is 1. The molecular formula is C38H39F3N2O6. The summed E-state index contributed by atoms with van der Waals surface area (Å²) in [5.74, 6) is -2.12. The van der Waals surface area contributed by atoms with Crippen molar-refractivity contribution in [3.05, 3.63) is 118 Å². The van der Waals surface area contributed by atoms with Crippen molar-refractivity contribution in [2.75, 3.05) is 31.0 Å². The van der Waals surface area contributed by atoms with Gasteiger partial charge in [-0.1, -0.05) is 26.0 Å². The first-order chi connectivity index (χ1) is 23.3. The van der Waals surface area contributed by atoms with Crippen LogP contribution in [-0.4, -0.2) is 36.9 Å². The first-order valence-electron chi connectivity index (χ1n) is 15.6. The zero-order chi connectivity index (χ0) is 35.5. The minimum atomic E-state index is -1.02. The number of ether oxygens (including phenoxy) is 3. The van der Waals surface area contributed by atoms with Crippen LogP contribution >= 0.6 is 0 Å². The topological polar surface area (TPSA) is 100 Å². The van der Waals surface area contributed by atoms with Crippen LogP contribution in [0.3, 0.4) is 0 Å². The molecule has 49 heavy (non-hydrogen) atoms. The Morgan fingerprint density at radius 1 is 0.918 bits per heavy atom. The van der Waals surface area contributed by atoms with Crippen molar-refractivity contribution in [2.24, 2.45) is 5.41 Å². The highest BCUT2D eigenvalue weighted by Crippen LogP contribution is 2.48. The maximum atomic E-state index is 16.4. The number of allylic oxidation sites excluding steroid dienone is 1. The second kappa shape index (κ2) is 14.5. The lowest BCUT2D eigenvalue weighted by Crippen LogP contribution is -2.37. The van der Waals surface area contributed by atoms with Gasteiger partial charge >= 0.3 is 0 Å². The minimum absolute atomic E-state index is 0.122. The van der Waals surface area contributed by atoms with E-state index >= 15 is 4.39 Å². The fourth-order valence-electron chi connectivity index (χ4n) is 5.86. The fourth-order valence-corrected chi connectivity index (χ4v) is 5.86. The smallest absolute Gasteiger partial charge is 0.232 e. The number of hydrogen-bond acceptors (Lipinski definition) is 7. The number of phenols is 1. The molecule has 1 unspecified atom stereocenters. The lowest BCUT2D eigenvalue weighted by atomic mass is 9.85. The van der Waals surface area contributed by atoms with Gasteiger partial charge in [-0.25, -0.2) is 13.2 Å². The molecule has 1 aliphatic rings. The van der Waals surface area contributed by atoms with E-state index in [-0.39, 0.29) is 42.4 Å². The SMILES string of the molecule is COc1ccc(OC)c(CC(=O)N2c3cccc(O)c3NC(CC(C)(C)CO)=C(C)C2c2ccc(OCc3ccc(F)c(F)c3)cc2F)c1. The first-order valence-corrected chi connectivity index (χ1v) is 15.6. The average Bonchev–Trinajstić information content (AvgIpc) is 3.19. The number of hydrogen-bond donors (Lipinski definition) is 3. The van der Waals surface area contributed by atoms with Crippen molar-refractivity contribution in [1.82, 2.24) is 0 Å². The normalized spacial score (nSPS) is 14.6. The highest BCUT2D eigenvalue weighted by atomic mass is 19.2. The Labute approximate surface area is 283 Å². The molecule has 4 aromatic rings. The number of anilines is 2. The van der Waals surface area contributed by atoms with E-state index in [1.54, 1.807) is 43.3 Å². The van der Waals surface area contributed by atoms with Crippen LogP contribution < -0.4 is 24.4 Å². The number of nitrogens with one attached hydrogen (secondary N) is 1. The molecule has 0 aromatic heterocycles. The van der Waals surface area contributed by atoms with Crippen molar-refractivity contribution < 1.29 is 42.4 Å². The highest BCUT2D eigenvalue weighted by Gasteiger charge is 2.37. The van der Waals surface area contributed by atoms with Gasteiger partial charge in [-0.2, -0.15) is 0 Å². The summed E-state index contributed by atoms with van der Waals surface area (Å²) >= 11 is 0. The van der Waals surface area contributed by atoms with Crippen LogP contribution in [-0.2, 0) is 17.8 Å². The van der Waals surface area contributed by atoms with E-state index in [1.165, 1.54) is 43.4 Å². The van der Waals surface area contributed by atoms with Crippen LogP contribution in [0.15, 0.2) is 84.1 Å². The van der Waals surface area contributed by atoms with Crippen molar-refractivity contribution in [3.63, 3.8) is 0 Å². The molecule has 8 nitrogen and oxygen atoms in total. The number of methoxy groups -OCH3 is 2. The summed E-state index contributed by atoms with van der Waals surface area (Å²) in [6, 6.07) is 16.5. The lowest BCUT2D eigenvalue weighted by molar-refractivity contribution is -0.118. The van der Waals surface area contributed by atoms with Crippen molar-refractivity contribution in [1.29, 1.82) is 0 Å². The first kappa shape index (κ1) is 35.2. The van der Waals surface area contributed by atoms with E-state index in [0.717, 1.165) is 12.1 Å². The predicted molar refractivity (Wildman–Crippen MR) is 180 cm³/mol. The molecule has 1 aliphatic heterocycles. The second-order valence-electron chi connectivity index (χ2n) is 12.7. The van der Waals surface area contributed by atoms with Crippen LogP contribution in [0, 0.1) is 22.9 Å². The number of benzene rings is 4. The second-order valence-corrected chi connectivity index (χ2v) is 12.7. The van der Waals surface area contributed by atoms with Crippen LogP contribution in [0.2, 0.25) is 0 Å². The summed E-state index contributed by atoms with van der Waals surface area (Å²) in [4.78, 5) is 16.0. The molecule has 3 N–H and O–H groups in total. The molecule has 0 fully saturated rings. The maximum Gasteiger partial charge on any atom is 0.232 e. The summed E-state index contributed by atoms with van der Waals surface area (Å²) in [6.07, 6.45) is 0.149. The zero-order valence-corrected chi connectivity index (χ0v) is 27.9. The summed E-state index contributed by atoms with van der Waals surface area (Å²) < 4.78 is 60.1. The van der Waals surface area contributed by atoms with E-state index in [1.807, 2.05) is 13.8 Å². The molecule has 1 amide bonds. The number of nitrogens with zero attached hydrogens (tertiary/aromatic N) is 1. The van der Waals surface area contributed by atoms with Crippen LogP contribution in [0.5, 0.6) is 23.0 Å². The molecule has 0 saturated heterocycles. The Bertz CT molecular complexity index is 1890. The quantitative estimate of drug-likeness (QED) is 0.139. The number of aliphatic hydroxyl groups is 1. The Balaban J connectivity index is 1.63. The van der Waals surface area contributed by atoms with E-state index in [0.29, 0.717) is 46.0 Å². The summed E-state index contributed by atoms with van der Waals surface area (Å²) in [5, 5.41) is 24.5. The standard InChI is InChI=1S/C38H39F3N2O6/c1-22-31(19-38(2,3)21-44)42-36-32(7-6-8-33(36)45)43(35(46)17-24-16-25(47-4)11-14-34(24)48-5)37(22)27-12-10-26(18-29(27)40)49-20-23-9-13-28(39)30(41)15-23/h6-16,18,37,42,44-45H,17,19-21H2,1-5H3. The number of halogens is 3. The third-order valence-corrected chi connectivity index (χ3v) is 8.54. The number of aliphatic hydroxyl groups excluding tert-OH is 1. The molecule has 0 bridgehead atoms. The Hall–Kier alpha value is -5.16. The maximum absolute atomic E-state index is 16.4. The van der Waals surface area contributed by atoms with E-state index in [4.69, 9.17) is 14.2 Å². The van der Waals surface area contributed by atoms with Gasteiger partial charge in [-0.15, -0.1) is 0 Å². The van der Waals surface area contributed by atoms with Gasteiger partial charge in [0.05, 0.1) is 32.4 Å². The van der Waals surface area contributed by atoms with Gasteiger partial charge < -0.3 is 29.7 Å². The van der Waals surface area contributed by atoms with Gasteiger partial charge in [0, 0.05) is 29.5 Å². The molecule has 258 valence electrons. The molecule has 11 heteroatoms. The average molecular weight is 677 g/mol. The number of para-hydroxylation sites is 1. The third-order valence-electron chi connectivity index (χ3n) is 8.54. The summed E-state index contributed by atoms with van der Waals surface area (Å²) in [6.45, 7) is 5.24. The van der Waals surface area contributed by atoms with Gasteiger partial charge in [0.2, 0.25) is 5.91 Å². The molecular weight excluding hydrogens is 637 g/mol. The molecule has 1 heterocycles. The molecule has 0 spiro atoms. The summed E-state index contributed by atoms with van der Waals surface area (Å²) in [7, 11) is 3.01. The van der Waals surface area contributed by atoms with Gasteiger partial charge in [-0.05, 0) is 84.5 Å². The fraction of sp³-hybridized carbons (Fsp3) is 0.289. The number of aromatic hydroxyl groups is 1. The van der Waals surface area contributed by atoms with Crippen molar-refractivity contribution >= 4 is 17.3 Å². The monoisotopic (exact) mass is 676 g/mol. The van der Waals surface area contributed by atoms with E-state index < -0.39 is 34.8 Å². The number of amides is 1. The Morgan fingerprint density at radius 3 is 2.35 bits per heavy atom. The number of fused-ring (bicyclic) bond motifs is 1. The molecule has 4 aromatic carbocycles. The largest absolute Gasteiger partial charge is 0.506 e. The predicted octanol–water partition coefficient (Wildman–Crippen LogP) is 7.83. The Kier molecular flexibility index (Phi) is 10.4. The number of carbonyl (C=O) groups excluding carboxylic acids is 1. The van der Waals surface area contributed by atoms with Crippen molar-refractivity contribution in [3.8, 4) is 23.0 Å². The van der Waals surface area contributed by atoms with Crippen LogP contribution in [0.25, 0.3) is 0 Å². The number of rotatable bonds is 11. The van der Waals surface area contributed by atoms with E-state index in [9.17, 15) is 23.8 Å². The molecule has 0 radical (unpaired) electrons.